The highest BCUT2D eigenvalue weighted by Crippen LogP contribution is 2.30. The summed E-state index contributed by atoms with van der Waals surface area (Å²) >= 11 is 4.64. The second kappa shape index (κ2) is 28.7. The summed E-state index contributed by atoms with van der Waals surface area (Å²) in [5.41, 5.74) is 13.2. The van der Waals surface area contributed by atoms with Crippen LogP contribution in [0.2, 0.25) is 0 Å². The Hall–Kier alpha value is -7.19. The van der Waals surface area contributed by atoms with Crippen LogP contribution in [0.1, 0.15) is 94.9 Å². The Balaban J connectivity index is 0.000000269. The second-order valence-electron chi connectivity index (χ2n) is 14.7. The highest BCUT2D eigenvalue weighted by molar-refractivity contribution is 6.62. The molecule has 4 aromatic carbocycles. The third kappa shape index (κ3) is 16.3. The van der Waals surface area contributed by atoms with E-state index in [1.807, 2.05) is 95.8 Å². The quantitative estimate of drug-likeness (QED) is 0.0860. The molecule has 1 aliphatic heterocycles. The lowest BCUT2D eigenvalue weighted by molar-refractivity contribution is -0.114. The SMILES string of the molecule is C1CCOC1.CC(=O)Cl.CCN(CC)CC.CCn1c(C#Cc2ccc(N)cc2)c(C#N)c2ccc(OC)cc21.CCn1c(C#Cc2ccc(NC(C)=O)cc2)c(C#N)c2ccc(OC)cc21. The van der Waals surface area contributed by atoms with Crippen LogP contribution in [0, 0.1) is 46.3 Å². The maximum absolute atomic E-state index is 11.1. The van der Waals surface area contributed by atoms with Crippen molar-refractivity contribution in [1.29, 1.82) is 10.5 Å². The number of nitrogens with one attached hydrogen (secondary N) is 1. The summed E-state index contributed by atoms with van der Waals surface area (Å²) in [4.78, 5) is 22.7. The largest absolute Gasteiger partial charge is 0.497 e. The molecule has 12 nitrogen and oxygen atoms in total. The zero-order valence-electron chi connectivity index (χ0n) is 40.2. The van der Waals surface area contributed by atoms with Gasteiger partial charge in [-0.1, -0.05) is 32.6 Å². The zero-order chi connectivity index (χ0) is 49.3. The number of fused-ring (bicyclic) bond motifs is 2. The van der Waals surface area contributed by atoms with Crippen LogP contribution < -0.4 is 20.5 Å². The number of rotatable bonds is 8. The Kier molecular flexibility index (Phi) is 23.2. The average molecular weight is 925 g/mol. The summed E-state index contributed by atoms with van der Waals surface area (Å²) in [5, 5.41) is 23.4. The first-order chi connectivity index (χ1) is 32.3. The van der Waals surface area contributed by atoms with Gasteiger partial charge in [-0.2, -0.15) is 10.5 Å². The van der Waals surface area contributed by atoms with Crippen molar-refractivity contribution in [1.82, 2.24) is 14.0 Å². The number of hydrogen-bond donors (Lipinski definition) is 2. The van der Waals surface area contributed by atoms with Gasteiger partial charge in [0, 0.05) is 85.6 Å². The number of carbonyl (C=O) groups is 2. The number of nitrogen functional groups attached to an aromatic ring is 1. The lowest BCUT2D eigenvalue weighted by Crippen LogP contribution is -2.21. The number of anilines is 2. The van der Waals surface area contributed by atoms with Crippen LogP contribution in [0.3, 0.4) is 0 Å². The van der Waals surface area contributed by atoms with Crippen molar-refractivity contribution in [2.75, 3.05) is 58.1 Å². The summed E-state index contributed by atoms with van der Waals surface area (Å²) < 4.78 is 19.6. The fraction of sp³-hybridized carbons (Fsp3) is 0.333. The Bertz CT molecular complexity index is 2750. The van der Waals surface area contributed by atoms with E-state index in [2.05, 4.69) is 78.4 Å². The third-order valence-corrected chi connectivity index (χ3v) is 10.3. The maximum Gasteiger partial charge on any atom is 0.221 e. The molecule has 0 aliphatic carbocycles. The average Bonchev–Trinajstić information content (AvgIpc) is 4.09. The van der Waals surface area contributed by atoms with E-state index in [1.165, 1.54) is 46.3 Å². The fourth-order valence-corrected chi connectivity index (χ4v) is 6.91. The molecule has 0 bridgehead atoms. The number of nitrogens with two attached hydrogens (primary N) is 1. The molecule has 0 radical (unpaired) electrons. The van der Waals surface area contributed by atoms with E-state index in [1.54, 1.807) is 26.4 Å². The molecule has 0 spiro atoms. The number of ether oxygens (including phenoxy) is 3. The molecule has 3 heterocycles. The standard InChI is InChI=1S/C22H19N3O2.C20H17N3O.C6H15N.C4H8O.C2H3ClO/c1-4-25-21(12-7-16-5-8-17(9-6-16)24-15(2)26)20(14-23)19-11-10-18(27-3)13-22(19)25;1-3-23-19(11-6-14-4-7-15(22)8-5-14)18(13-21)17-10-9-16(24-2)12-20(17)23;1-4-7(5-2)6-3;1-2-4-5-3-1;1-2(3)4/h5-6,8-11,13H,4H2,1-3H3,(H,24,26);4-5,7-10,12H,3,22H2,1-2H3;4-6H2,1-3H3;1-4H2;1H3. The van der Waals surface area contributed by atoms with Gasteiger partial charge >= 0.3 is 0 Å². The Morgan fingerprint density at radius 3 is 1.39 bits per heavy atom. The van der Waals surface area contributed by atoms with Gasteiger partial charge < -0.3 is 39.3 Å². The van der Waals surface area contributed by atoms with Gasteiger partial charge in [0.15, 0.2) is 0 Å². The predicted molar refractivity (Wildman–Crippen MR) is 271 cm³/mol. The molecule has 2 aromatic heterocycles. The van der Waals surface area contributed by atoms with Crippen molar-refractivity contribution >= 4 is 55.9 Å². The van der Waals surface area contributed by atoms with Crippen LogP contribution in [0.4, 0.5) is 11.4 Å². The molecule has 67 heavy (non-hydrogen) atoms. The van der Waals surface area contributed by atoms with Crippen LogP contribution in [0.25, 0.3) is 21.8 Å². The van der Waals surface area contributed by atoms with Gasteiger partial charge in [-0.3, -0.25) is 9.59 Å². The minimum absolute atomic E-state index is 0.115. The second-order valence-corrected chi connectivity index (χ2v) is 15.2. The predicted octanol–water partition coefficient (Wildman–Crippen LogP) is 10.3. The van der Waals surface area contributed by atoms with Crippen LogP contribution >= 0.6 is 11.6 Å². The number of hydrogen-bond acceptors (Lipinski definition) is 9. The number of methoxy groups -OCH3 is 2. The number of amides is 1. The Labute approximate surface area is 401 Å². The third-order valence-electron chi connectivity index (χ3n) is 10.3. The zero-order valence-corrected chi connectivity index (χ0v) is 40.9. The van der Waals surface area contributed by atoms with Crippen LogP contribution in [-0.2, 0) is 27.4 Å². The first-order valence-corrected chi connectivity index (χ1v) is 22.6. The topological polar surface area (TPSA) is 161 Å². The summed E-state index contributed by atoms with van der Waals surface area (Å²) in [5.74, 6) is 13.9. The molecule has 7 rings (SSSR count). The first kappa shape index (κ1) is 54.1. The summed E-state index contributed by atoms with van der Waals surface area (Å²) in [7, 11) is 3.25. The number of aromatic nitrogens is 2. The molecule has 3 N–H and O–H groups in total. The minimum atomic E-state index is -0.361. The Morgan fingerprint density at radius 1 is 0.687 bits per heavy atom. The first-order valence-electron chi connectivity index (χ1n) is 22.3. The molecule has 1 saturated heterocycles. The molecule has 0 atom stereocenters. The van der Waals surface area contributed by atoms with Gasteiger partial charge in [-0.05, 0) is 143 Å². The van der Waals surface area contributed by atoms with Crippen LogP contribution in [0.5, 0.6) is 11.5 Å². The van der Waals surface area contributed by atoms with E-state index < -0.39 is 0 Å². The summed E-state index contributed by atoms with van der Waals surface area (Å²) in [6, 6.07) is 30.6. The highest BCUT2D eigenvalue weighted by Gasteiger charge is 2.17. The van der Waals surface area contributed by atoms with Crippen molar-refractivity contribution in [3.8, 4) is 47.3 Å². The fourth-order valence-electron chi connectivity index (χ4n) is 6.91. The highest BCUT2D eigenvalue weighted by atomic mass is 35.5. The van der Waals surface area contributed by atoms with Crippen LogP contribution in [0.15, 0.2) is 84.9 Å². The van der Waals surface area contributed by atoms with Gasteiger partial charge in [0.25, 0.3) is 0 Å². The van der Waals surface area contributed by atoms with Gasteiger partial charge in [0.1, 0.15) is 35.0 Å². The molecular weight excluding hydrogens is 862 g/mol. The molecule has 1 fully saturated rings. The maximum atomic E-state index is 11.1. The number of carbonyl (C=O) groups excluding carboxylic acids is 2. The number of nitrogens with zero attached hydrogens (tertiary/aromatic N) is 5. The van der Waals surface area contributed by atoms with E-state index in [-0.39, 0.29) is 11.1 Å². The monoisotopic (exact) mass is 923 g/mol. The van der Waals surface area contributed by atoms with Crippen molar-refractivity contribution in [3.63, 3.8) is 0 Å². The van der Waals surface area contributed by atoms with E-state index in [4.69, 9.17) is 19.9 Å². The number of benzene rings is 4. The molecule has 1 amide bonds. The van der Waals surface area contributed by atoms with E-state index in [9.17, 15) is 20.1 Å². The van der Waals surface area contributed by atoms with Gasteiger partial charge in [-0.15, -0.1) is 0 Å². The molecule has 350 valence electrons. The molecule has 0 unspecified atom stereocenters. The van der Waals surface area contributed by atoms with Gasteiger partial charge in [0.05, 0.1) is 36.4 Å². The lowest BCUT2D eigenvalue weighted by Gasteiger charge is -2.13. The number of aryl methyl sites for hydroxylation is 2. The summed E-state index contributed by atoms with van der Waals surface area (Å²) in [6.45, 7) is 20.4. The number of nitriles is 2. The molecule has 0 saturated carbocycles. The van der Waals surface area contributed by atoms with E-state index in [0.717, 1.165) is 75.6 Å². The van der Waals surface area contributed by atoms with Crippen molar-refractivity contribution in [3.05, 3.63) is 119 Å². The molecular formula is C54H62ClN7O5. The lowest BCUT2D eigenvalue weighted by atomic mass is 10.1. The van der Waals surface area contributed by atoms with Crippen molar-refractivity contribution < 1.29 is 23.8 Å². The van der Waals surface area contributed by atoms with E-state index >= 15 is 0 Å². The summed E-state index contributed by atoms with van der Waals surface area (Å²) in [6.07, 6.45) is 2.56. The molecule has 6 aromatic rings. The van der Waals surface area contributed by atoms with Gasteiger partial charge in [-0.25, -0.2) is 0 Å². The Morgan fingerprint density at radius 2 is 1.09 bits per heavy atom. The molecule has 13 heteroatoms. The number of halogens is 1. The molecule has 1 aliphatic rings. The van der Waals surface area contributed by atoms with Gasteiger partial charge in [0.2, 0.25) is 11.1 Å². The van der Waals surface area contributed by atoms with Crippen molar-refractivity contribution in [2.45, 2.75) is 74.4 Å². The minimum Gasteiger partial charge on any atom is -0.497 e. The van der Waals surface area contributed by atoms with Crippen LogP contribution in [-0.4, -0.2) is 72.3 Å². The van der Waals surface area contributed by atoms with E-state index in [0.29, 0.717) is 29.1 Å². The smallest absolute Gasteiger partial charge is 0.221 e. The normalized spacial score (nSPS) is 10.9. The van der Waals surface area contributed by atoms with Crippen molar-refractivity contribution in [2.24, 2.45) is 0 Å².